The van der Waals surface area contributed by atoms with Crippen LogP contribution in [0.1, 0.15) is 29.5 Å². The van der Waals surface area contributed by atoms with E-state index in [-0.39, 0.29) is 18.3 Å². The Morgan fingerprint density at radius 1 is 1.11 bits per heavy atom. The Morgan fingerprint density at radius 2 is 1.78 bits per heavy atom. The Kier molecular flexibility index (Phi) is 3.94. The Morgan fingerprint density at radius 3 is 2.39 bits per heavy atom. The van der Waals surface area contributed by atoms with Crippen molar-refractivity contribution in [3.05, 3.63) is 59.2 Å². The number of aromatic hydroxyl groups is 1. The lowest BCUT2D eigenvalue weighted by Crippen LogP contribution is -1.98. The summed E-state index contributed by atoms with van der Waals surface area (Å²) >= 11 is 4.24. The van der Waals surface area contributed by atoms with Gasteiger partial charge in [0.2, 0.25) is 0 Å². The van der Waals surface area contributed by atoms with E-state index >= 15 is 0 Å². The molecule has 0 aliphatic carbocycles. The summed E-state index contributed by atoms with van der Waals surface area (Å²) in [5, 5.41) is 19.0. The van der Waals surface area contributed by atoms with Crippen molar-refractivity contribution in [1.82, 2.24) is 0 Å². The molecule has 0 saturated heterocycles. The van der Waals surface area contributed by atoms with E-state index in [0.29, 0.717) is 10.5 Å². The maximum atomic E-state index is 9.74. The quantitative estimate of drug-likeness (QED) is 0.741. The average Bonchev–Trinajstić information content (AvgIpc) is 2.42. The van der Waals surface area contributed by atoms with Crippen LogP contribution in [0.15, 0.2) is 47.4 Å². The summed E-state index contributed by atoms with van der Waals surface area (Å²) in [5.41, 5.74) is 2.74. The Bertz CT molecular complexity index is 538. The largest absolute Gasteiger partial charge is 0.506 e. The predicted molar refractivity (Wildman–Crippen MR) is 75.2 cm³/mol. The second-order valence-electron chi connectivity index (χ2n) is 4.34. The molecule has 1 atom stereocenters. The van der Waals surface area contributed by atoms with Gasteiger partial charge in [-0.3, -0.25) is 0 Å². The van der Waals surface area contributed by atoms with Crippen LogP contribution in [0.4, 0.5) is 0 Å². The molecule has 0 aliphatic rings. The molecular formula is C15H16O2S. The summed E-state index contributed by atoms with van der Waals surface area (Å²) in [6, 6.07) is 13.8. The van der Waals surface area contributed by atoms with Gasteiger partial charge in [-0.15, -0.1) is 12.6 Å². The zero-order valence-corrected chi connectivity index (χ0v) is 11.1. The summed E-state index contributed by atoms with van der Waals surface area (Å²) in [6.07, 6.45) is 0. The van der Waals surface area contributed by atoms with E-state index in [1.54, 1.807) is 0 Å². The van der Waals surface area contributed by atoms with E-state index in [4.69, 9.17) is 0 Å². The molecule has 0 saturated carbocycles. The van der Waals surface area contributed by atoms with Crippen molar-refractivity contribution in [3.63, 3.8) is 0 Å². The first-order chi connectivity index (χ1) is 8.63. The number of aliphatic hydroxyl groups is 1. The Labute approximate surface area is 112 Å². The summed E-state index contributed by atoms with van der Waals surface area (Å²) in [7, 11) is 0. The zero-order valence-electron chi connectivity index (χ0n) is 10.2. The molecule has 0 amide bonds. The van der Waals surface area contributed by atoms with Gasteiger partial charge in [0.05, 0.1) is 6.61 Å². The zero-order chi connectivity index (χ0) is 13.1. The van der Waals surface area contributed by atoms with Gasteiger partial charge in [0.15, 0.2) is 0 Å². The molecule has 18 heavy (non-hydrogen) atoms. The minimum atomic E-state index is -0.186. The number of hydrogen-bond donors (Lipinski definition) is 3. The highest BCUT2D eigenvalue weighted by Crippen LogP contribution is 2.33. The van der Waals surface area contributed by atoms with Crippen LogP contribution >= 0.6 is 12.6 Å². The third-order valence-electron chi connectivity index (χ3n) is 3.16. The molecule has 2 N–H and O–H groups in total. The molecule has 2 aromatic rings. The maximum Gasteiger partial charge on any atom is 0.134 e. The molecule has 0 bridgehead atoms. The fourth-order valence-electron chi connectivity index (χ4n) is 2.01. The van der Waals surface area contributed by atoms with E-state index in [9.17, 15) is 10.2 Å². The standard InChI is InChI=1S/C15H16O2S/c1-10(11-5-3-2-4-6-11)12-7-13(9-16)15(17)14(18)8-12/h2-8,10,16-18H,9H2,1H3. The van der Waals surface area contributed by atoms with Crippen LogP contribution < -0.4 is 0 Å². The summed E-state index contributed by atoms with van der Waals surface area (Å²) < 4.78 is 0. The molecule has 94 valence electrons. The highest BCUT2D eigenvalue weighted by atomic mass is 32.1. The first kappa shape index (κ1) is 13.0. The number of phenols is 1. The number of aliphatic hydroxyl groups excluding tert-OH is 1. The van der Waals surface area contributed by atoms with E-state index in [0.717, 1.165) is 5.56 Å². The monoisotopic (exact) mass is 260 g/mol. The fraction of sp³-hybridized carbons (Fsp3) is 0.200. The minimum Gasteiger partial charge on any atom is -0.506 e. The molecule has 1 unspecified atom stereocenters. The Hall–Kier alpha value is -1.45. The van der Waals surface area contributed by atoms with E-state index < -0.39 is 0 Å². The molecule has 2 nitrogen and oxygen atoms in total. The van der Waals surface area contributed by atoms with Gasteiger partial charge in [-0.2, -0.15) is 0 Å². The molecule has 2 rings (SSSR count). The van der Waals surface area contributed by atoms with Crippen molar-refractivity contribution >= 4 is 12.6 Å². The predicted octanol–water partition coefficient (Wildman–Crippen LogP) is 3.33. The molecule has 0 aromatic heterocycles. The van der Waals surface area contributed by atoms with Crippen molar-refractivity contribution in [2.24, 2.45) is 0 Å². The van der Waals surface area contributed by atoms with Crippen LogP contribution in [0.3, 0.4) is 0 Å². The molecule has 0 aliphatic heterocycles. The smallest absolute Gasteiger partial charge is 0.134 e. The van der Waals surface area contributed by atoms with Crippen LogP contribution in [-0.2, 0) is 6.61 Å². The first-order valence-electron chi connectivity index (χ1n) is 5.84. The van der Waals surface area contributed by atoms with E-state index in [1.807, 2.05) is 30.3 Å². The SMILES string of the molecule is CC(c1ccccc1)c1cc(S)c(O)c(CO)c1. The number of hydrogen-bond acceptors (Lipinski definition) is 3. The third kappa shape index (κ3) is 2.52. The fourth-order valence-corrected chi connectivity index (χ4v) is 2.30. The van der Waals surface area contributed by atoms with Gasteiger partial charge in [0, 0.05) is 16.4 Å². The molecule has 2 aromatic carbocycles. The molecule has 3 heteroatoms. The van der Waals surface area contributed by atoms with Crippen LogP contribution in [0.5, 0.6) is 5.75 Å². The topological polar surface area (TPSA) is 40.5 Å². The van der Waals surface area contributed by atoms with Crippen molar-refractivity contribution in [1.29, 1.82) is 0 Å². The second-order valence-corrected chi connectivity index (χ2v) is 4.82. The van der Waals surface area contributed by atoms with E-state index in [1.165, 1.54) is 5.56 Å². The van der Waals surface area contributed by atoms with Crippen LogP contribution in [0.2, 0.25) is 0 Å². The lowest BCUT2D eigenvalue weighted by Gasteiger charge is -2.15. The second kappa shape index (κ2) is 5.46. The summed E-state index contributed by atoms with van der Waals surface area (Å²) in [4.78, 5) is 0.499. The van der Waals surface area contributed by atoms with Crippen LogP contribution in [0, 0.1) is 0 Å². The number of rotatable bonds is 3. The van der Waals surface area contributed by atoms with Gasteiger partial charge in [-0.05, 0) is 23.3 Å². The highest BCUT2D eigenvalue weighted by molar-refractivity contribution is 7.80. The summed E-state index contributed by atoms with van der Waals surface area (Å²) in [6.45, 7) is 1.91. The van der Waals surface area contributed by atoms with Crippen LogP contribution in [-0.4, -0.2) is 10.2 Å². The van der Waals surface area contributed by atoms with Crippen LogP contribution in [0.25, 0.3) is 0 Å². The first-order valence-corrected chi connectivity index (χ1v) is 6.28. The van der Waals surface area contributed by atoms with Crippen molar-refractivity contribution < 1.29 is 10.2 Å². The minimum absolute atomic E-state index is 0.0600. The maximum absolute atomic E-state index is 9.74. The van der Waals surface area contributed by atoms with Gasteiger partial charge in [-0.1, -0.05) is 37.3 Å². The molecular weight excluding hydrogens is 244 g/mol. The summed E-state index contributed by atoms with van der Waals surface area (Å²) in [5.74, 6) is 0.257. The Balaban J connectivity index is 2.43. The molecule has 0 heterocycles. The molecule has 0 radical (unpaired) electrons. The van der Waals surface area contributed by atoms with Gasteiger partial charge in [0.25, 0.3) is 0 Å². The molecule has 0 spiro atoms. The molecule has 0 fully saturated rings. The van der Waals surface area contributed by atoms with Gasteiger partial charge in [-0.25, -0.2) is 0 Å². The van der Waals surface area contributed by atoms with Gasteiger partial charge < -0.3 is 10.2 Å². The highest BCUT2D eigenvalue weighted by Gasteiger charge is 2.13. The lowest BCUT2D eigenvalue weighted by molar-refractivity contribution is 0.274. The normalized spacial score (nSPS) is 12.4. The van der Waals surface area contributed by atoms with Crippen molar-refractivity contribution in [2.75, 3.05) is 0 Å². The average molecular weight is 260 g/mol. The number of benzene rings is 2. The van der Waals surface area contributed by atoms with Crippen molar-refractivity contribution in [3.8, 4) is 5.75 Å². The van der Waals surface area contributed by atoms with Gasteiger partial charge >= 0.3 is 0 Å². The van der Waals surface area contributed by atoms with Gasteiger partial charge in [0.1, 0.15) is 5.75 Å². The number of thiol groups is 1. The van der Waals surface area contributed by atoms with Crippen molar-refractivity contribution in [2.45, 2.75) is 24.3 Å². The third-order valence-corrected chi connectivity index (χ3v) is 3.50. The van der Waals surface area contributed by atoms with E-state index in [2.05, 4.69) is 31.7 Å². The lowest BCUT2D eigenvalue weighted by atomic mass is 9.92.